The molecule has 0 amide bonds. The van der Waals surface area contributed by atoms with E-state index in [4.69, 9.17) is 0 Å². The summed E-state index contributed by atoms with van der Waals surface area (Å²) in [6.07, 6.45) is 7.65. The fraction of sp³-hybridized carbons (Fsp3) is 0.500. The molecule has 9 heavy (non-hydrogen) atoms. The summed E-state index contributed by atoms with van der Waals surface area (Å²) in [6.45, 7) is 2.06. The zero-order chi connectivity index (χ0) is 7.11. The maximum atomic E-state index is 2.38. The molecule has 0 rings (SSSR count). The first kappa shape index (κ1) is 9.17. The Morgan fingerprint density at radius 2 is 1.89 bits per heavy atom. The van der Waals surface area contributed by atoms with E-state index in [2.05, 4.69) is 40.2 Å². The van der Waals surface area contributed by atoms with E-state index in [9.17, 15) is 0 Å². The van der Waals surface area contributed by atoms with E-state index in [0.29, 0.717) is 0 Å². The molecule has 0 aromatic heterocycles. The van der Waals surface area contributed by atoms with Gasteiger partial charge in [0.1, 0.15) is 0 Å². The van der Waals surface area contributed by atoms with Crippen LogP contribution >= 0.6 is 0 Å². The van der Waals surface area contributed by atoms with Crippen LogP contribution in [0.2, 0.25) is 10.6 Å². The molecular weight excluding hydrogens is 291 g/mol. The van der Waals surface area contributed by atoms with Gasteiger partial charge in [-0.1, -0.05) is 0 Å². The SMILES string of the molecule is CC=CCC=[CH][Pt]([CH3])[CH3]. The molecule has 0 saturated heterocycles. The molecule has 0 fully saturated rings. The van der Waals surface area contributed by atoms with Crippen molar-refractivity contribution in [3.8, 4) is 0 Å². The van der Waals surface area contributed by atoms with Crippen LogP contribution in [0, 0.1) is 0 Å². The molecule has 0 spiro atoms. The van der Waals surface area contributed by atoms with E-state index < -0.39 is 17.3 Å². The molecule has 0 aromatic carbocycles. The van der Waals surface area contributed by atoms with Gasteiger partial charge < -0.3 is 0 Å². The Bertz CT molecular complexity index is 101. The molecule has 1 heteroatoms. The summed E-state index contributed by atoms with van der Waals surface area (Å²) < 4.78 is 2.38. The molecule has 0 aliphatic heterocycles. The van der Waals surface area contributed by atoms with Crippen molar-refractivity contribution < 1.29 is 17.3 Å². The normalized spacial score (nSPS) is 13.4. The molecule has 0 radical (unpaired) electrons. The van der Waals surface area contributed by atoms with Gasteiger partial charge in [0.25, 0.3) is 0 Å². The van der Waals surface area contributed by atoms with Crippen molar-refractivity contribution in [3.05, 3.63) is 22.7 Å². The van der Waals surface area contributed by atoms with E-state index in [0.717, 1.165) is 6.42 Å². The molecule has 0 aliphatic rings. The number of allylic oxidation sites excluding steroid dienone is 3. The second-order valence-electron chi connectivity index (χ2n) is 1.83. The molecular formula is C8H15Pt. The first-order chi connectivity index (χ1) is 4.27. The first-order valence-corrected chi connectivity index (χ1v) is 8.73. The maximum absolute atomic E-state index is 2.38. The topological polar surface area (TPSA) is 0 Å². The van der Waals surface area contributed by atoms with Crippen molar-refractivity contribution in [2.75, 3.05) is 0 Å². The molecule has 57 valence electrons. The van der Waals surface area contributed by atoms with Gasteiger partial charge >= 0.3 is 64.0 Å². The molecule has 0 unspecified atom stereocenters. The van der Waals surface area contributed by atoms with Gasteiger partial charge in [-0.25, -0.2) is 0 Å². The Morgan fingerprint density at radius 3 is 2.33 bits per heavy atom. The summed E-state index contributed by atoms with van der Waals surface area (Å²) in [6, 6.07) is 0. The van der Waals surface area contributed by atoms with Crippen molar-refractivity contribution >= 4 is 0 Å². The zero-order valence-electron chi connectivity index (χ0n) is 6.33. The van der Waals surface area contributed by atoms with E-state index in [1.165, 1.54) is 0 Å². The van der Waals surface area contributed by atoms with Gasteiger partial charge in [0.2, 0.25) is 0 Å². The van der Waals surface area contributed by atoms with E-state index in [1.54, 1.807) is 0 Å². The average Bonchev–Trinajstić information content (AvgIpc) is 1.80. The first-order valence-electron chi connectivity index (χ1n) is 2.88. The van der Waals surface area contributed by atoms with Crippen LogP contribution in [-0.2, 0) is 17.3 Å². The van der Waals surface area contributed by atoms with E-state index >= 15 is 0 Å². The zero-order valence-corrected chi connectivity index (χ0v) is 8.60. The van der Waals surface area contributed by atoms with Crippen molar-refractivity contribution in [1.82, 2.24) is 0 Å². The summed E-state index contributed by atoms with van der Waals surface area (Å²) in [5, 5.41) is 4.69. The number of rotatable bonds is 3. The van der Waals surface area contributed by atoms with Crippen molar-refractivity contribution in [1.29, 1.82) is 0 Å². The molecule has 0 nitrogen and oxygen atoms in total. The van der Waals surface area contributed by atoms with Crippen LogP contribution in [0.4, 0.5) is 0 Å². The molecule has 0 heterocycles. The predicted molar refractivity (Wildman–Crippen MR) is 40.3 cm³/mol. The van der Waals surface area contributed by atoms with Crippen molar-refractivity contribution in [3.63, 3.8) is 0 Å². The summed E-state index contributed by atoms with van der Waals surface area (Å²) in [5.74, 6) is 0. The van der Waals surface area contributed by atoms with Crippen LogP contribution in [0.15, 0.2) is 22.7 Å². The fourth-order valence-electron chi connectivity index (χ4n) is 0.407. The monoisotopic (exact) mass is 306 g/mol. The Labute approximate surface area is 64.2 Å². The second kappa shape index (κ2) is 6.29. The van der Waals surface area contributed by atoms with E-state index in [-0.39, 0.29) is 0 Å². The predicted octanol–water partition coefficient (Wildman–Crippen LogP) is 3.18. The molecule has 0 aliphatic carbocycles. The second-order valence-corrected chi connectivity index (χ2v) is 7.48. The Morgan fingerprint density at radius 1 is 1.22 bits per heavy atom. The third kappa shape index (κ3) is 8.17. The molecule has 0 aromatic rings. The van der Waals surface area contributed by atoms with Gasteiger partial charge in [-0.05, 0) is 0 Å². The van der Waals surface area contributed by atoms with Gasteiger partial charge in [0, 0.05) is 0 Å². The standard InChI is InChI=1S/C6H9.2CH3.Pt/c1-3-5-6-4-2;;;/h1,3-4,6H,5H2,2H3;2*1H3;. The average molecular weight is 306 g/mol. The minimum absolute atomic E-state index is 0.577. The molecule has 0 N–H and O–H groups in total. The third-order valence-corrected chi connectivity index (χ3v) is 2.84. The van der Waals surface area contributed by atoms with Gasteiger partial charge in [-0.2, -0.15) is 0 Å². The molecule has 0 bridgehead atoms. The van der Waals surface area contributed by atoms with Crippen molar-refractivity contribution in [2.24, 2.45) is 0 Å². The number of hydrogen-bond donors (Lipinski definition) is 0. The van der Waals surface area contributed by atoms with Crippen LogP contribution in [0.3, 0.4) is 0 Å². The summed E-state index contributed by atoms with van der Waals surface area (Å²) in [7, 11) is 0. The van der Waals surface area contributed by atoms with Gasteiger partial charge in [0.15, 0.2) is 0 Å². The minimum atomic E-state index is -0.577. The quantitative estimate of drug-likeness (QED) is 0.703. The van der Waals surface area contributed by atoms with Crippen molar-refractivity contribution in [2.45, 2.75) is 24.0 Å². The molecule has 0 atom stereocenters. The van der Waals surface area contributed by atoms with Crippen LogP contribution in [0.25, 0.3) is 0 Å². The van der Waals surface area contributed by atoms with Gasteiger partial charge in [-0.3, -0.25) is 0 Å². The summed E-state index contributed by atoms with van der Waals surface area (Å²) >= 11 is -0.577. The summed E-state index contributed by atoms with van der Waals surface area (Å²) in [5.41, 5.74) is 0. The van der Waals surface area contributed by atoms with Crippen LogP contribution in [-0.4, -0.2) is 0 Å². The Balaban J connectivity index is 3.25. The van der Waals surface area contributed by atoms with Crippen LogP contribution in [0.5, 0.6) is 0 Å². The molecule has 0 saturated carbocycles. The van der Waals surface area contributed by atoms with E-state index in [1.807, 2.05) is 0 Å². The fourth-order valence-corrected chi connectivity index (χ4v) is 1.79. The Kier molecular flexibility index (Phi) is 6.41. The van der Waals surface area contributed by atoms with Crippen LogP contribution < -0.4 is 0 Å². The number of hydrogen-bond acceptors (Lipinski definition) is 0. The Hall–Kier alpha value is 0.168. The summed E-state index contributed by atoms with van der Waals surface area (Å²) in [4.78, 5) is 0. The van der Waals surface area contributed by atoms with Crippen LogP contribution in [0.1, 0.15) is 13.3 Å². The van der Waals surface area contributed by atoms with Gasteiger partial charge in [-0.15, -0.1) is 0 Å². The third-order valence-electron chi connectivity index (χ3n) is 0.793. The van der Waals surface area contributed by atoms with Gasteiger partial charge in [0.05, 0.1) is 0 Å².